The van der Waals surface area contributed by atoms with Crippen LogP contribution in [0.3, 0.4) is 0 Å². The van der Waals surface area contributed by atoms with Crippen molar-refractivity contribution < 1.29 is 9.53 Å². The molecule has 4 heteroatoms. The average molecular weight is 228 g/mol. The van der Waals surface area contributed by atoms with Crippen molar-refractivity contribution in [3.05, 3.63) is 0 Å². The molecule has 4 nitrogen and oxygen atoms in total. The summed E-state index contributed by atoms with van der Waals surface area (Å²) in [5, 5.41) is 3.34. The van der Waals surface area contributed by atoms with Gasteiger partial charge in [-0.1, -0.05) is 0 Å². The van der Waals surface area contributed by atoms with Crippen LogP contribution in [0.15, 0.2) is 0 Å². The zero-order valence-electron chi connectivity index (χ0n) is 10.9. The number of nitrogens with one attached hydrogen (secondary N) is 1. The Kier molecular flexibility index (Phi) is 4.74. The van der Waals surface area contributed by atoms with Gasteiger partial charge in [0.15, 0.2) is 0 Å². The Hall–Kier alpha value is -0.610. The second kappa shape index (κ2) is 5.64. The highest BCUT2D eigenvalue weighted by Crippen LogP contribution is 2.17. The minimum absolute atomic E-state index is 0.0891. The lowest BCUT2D eigenvalue weighted by atomic mass is 10.0. The summed E-state index contributed by atoms with van der Waals surface area (Å²) >= 11 is 0. The maximum atomic E-state index is 12.3. The van der Waals surface area contributed by atoms with Gasteiger partial charge in [0, 0.05) is 26.2 Å². The molecule has 1 saturated heterocycles. The summed E-state index contributed by atoms with van der Waals surface area (Å²) in [6.07, 6.45) is 2.23. The van der Waals surface area contributed by atoms with E-state index in [1.807, 2.05) is 25.7 Å². The van der Waals surface area contributed by atoms with Crippen LogP contribution in [0.2, 0.25) is 0 Å². The van der Waals surface area contributed by atoms with Crippen molar-refractivity contribution in [2.75, 3.05) is 26.7 Å². The molecule has 0 aliphatic carbocycles. The molecule has 1 unspecified atom stereocenters. The average Bonchev–Trinajstić information content (AvgIpc) is 2.31. The normalized spacial score (nSPS) is 21.9. The Labute approximate surface area is 98.3 Å². The van der Waals surface area contributed by atoms with E-state index < -0.39 is 5.60 Å². The second-order valence-electron chi connectivity index (χ2n) is 4.81. The van der Waals surface area contributed by atoms with Crippen LogP contribution in [0.5, 0.6) is 0 Å². The van der Waals surface area contributed by atoms with Crippen LogP contribution < -0.4 is 5.32 Å². The number of nitrogens with zero attached hydrogens (tertiary/aromatic N) is 1. The zero-order valence-corrected chi connectivity index (χ0v) is 10.9. The molecule has 0 aromatic carbocycles. The van der Waals surface area contributed by atoms with Crippen molar-refractivity contribution >= 4 is 5.91 Å². The Bertz CT molecular complexity index is 235. The number of rotatable bonds is 4. The maximum absolute atomic E-state index is 12.3. The molecule has 0 aromatic heterocycles. The SMILES string of the molecule is CCN(C(=O)C(C)(C)OC)C1CCCNC1. The topological polar surface area (TPSA) is 41.6 Å². The van der Waals surface area contributed by atoms with E-state index in [4.69, 9.17) is 4.74 Å². The largest absolute Gasteiger partial charge is 0.369 e. The van der Waals surface area contributed by atoms with Crippen LogP contribution in [0.4, 0.5) is 0 Å². The van der Waals surface area contributed by atoms with E-state index >= 15 is 0 Å². The van der Waals surface area contributed by atoms with Crippen molar-refractivity contribution in [3.8, 4) is 0 Å². The molecule has 0 bridgehead atoms. The fraction of sp³-hybridized carbons (Fsp3) is 0.917. The third-order valence-corrected chi connectivity index (χ3v) is 3.34. The lowest BCUT2D eigenvalue weighted by Crippen LogP contribution is -2.54. The van der Waals surface area contributed by atoms with Gasteiger partial charge in [-0.2, -0.15) is 0 Å². The van der Waals surface area contributed by atoms with E-state index in [9.17, 15) is 4.79 Å². The number of carbonyl (C=O) groups excluding carboxylic acids is 1. The second-order valence-corrected chi connectivity index (χ2v) is 4.81. The molecule has 1 rings (SSSR count). The first kappa shape index (κ1) is 13.5. The predicted octanol–water partition coefficient (Wildman–Crippen LogP) is 1.01. The number of carbonyl (C=O) groups is 1. The Morgan fingerprint density at radius 2 is 2.25 bits per heavy atom. The summed E-state index contributed by atoms with van der Waals surface area (Å²) in [6, 6.07) is 0.320. The summed E-state index contributed by atoms with van der Waals surface area (Å²) in [5.41, 5.74) is -0.715. The molecule has 1 heterocycles. The zero-order chi connectivity index (χ0) is 12.2. The van der Waals surface area contributed by atoms with E-state index in [1.54, 1.807) is 7.11 Å². The van der Waals surface area contributed by atoms with E-state index in [0.717, 1.165) is 32.5 Å². The molecule has 0 aromatic rings. The summed E-state index contributed by atoms with van der Waals surface area (Å²) in [7, 11) is 1.59. The molecule has 1 fully saturated rings. The van der Waals surface area contributed by atoms with Gasteiger partial charge in [-0.25, -0.2) is 0 Å². The number of likely N-dealkylation sites (N-methyl/N-ethyl adjacent to an activating group) is 1. The standard InChI is InChI=1S/C12H24N2O2/c1-5-14(10-7-6-8-13-9-10)11(15)12(2,3)16-4/h10,13H,5-9H2,1-4H3. The summed E-state index contributed by atoms with van der Waals surface area (Å²) in [4.78, 5) is 14.2. The third-order valence-electron chi connectivity index (χ3n) is 3.34. The van der Waals surface area contributed by atoms with Gasteiger partial charge in [-0.15, -0.1) is 0 Å². The van der Waals surface area contributed by atoms with Gasteiger partial charge in [-0.05, 0) is 40.2 Å². The van der Waals surface area contributed by atoms with Crippen LogP contribution >= 0.6 is 0 Å². The first-order valence-corrected chi connectivity index (χ1v) is 6.10. The van der Waals surface area contributed by atoms with Crippen LogP contribution in [0.25, 0.3) is 0 Å². The molecule has 0 radical (unpaired) electrons. The van der Waals surface area contributed by atoms with Gasteiger partial charge >= 0.3 is 0 Å². The summed E-state index contributed by atoms with van der Waals surface area (Å²) in [5.74, 6) is 0.0891. The van der Waals surface area contributed by atoms with Crippen molar-refractivity contribution in [1.82, 2.24) is 10.2 Å². The molecular weight excluding hydrogens is 204 g/mol. The fourth-order valence-electron chi connectivity index (χ4n) is 2.10. The minimum atomic E-state index is -0.715. The fourth-order valence-corrected chi connectivity index (χ4v) is 2.10. The van der Waals surface area contributed by atoms with Crippen LogP contribution in [0.1, 0.15) is 33.6 Å². The van der Waals surface area contributed by atoms with Crippen molar-refractivity contribution in [2.24, 2.45) is 0 Å². The van der Waals surface area contributed by atoms with E-state index in [2.05, 4.69) is 5.32 Å². The van der Waals surface area contributed by atoms with E-state index in [0.29, 0.717) is 6.04 Å². The van der Waals surface area contributed by atoms with Crippen LogP contribution in [-0.4, -0.2) is 49.2 Å². The molecule has 1 aliphatic heterocycles. The molecule has 1 N–H and O–H groups in total. The number of amides is 1. The van der Waals surface area contributed by atoms with Crippen LogP contribution in [-0.2, 0) is 9.53 Å². The smallest absolute Gasteiger partial charge is 0.254 e. The third kappa shape index (κ3) is 2.95. The lowest BCUT2D eigenvalue weighted by Gasteiger charge is -2.38. The number of hydrogen-bond acceptors (Lipinski definition) is 3. The molecule has 1 atom stereocenters. The number of piperidine rings is 1. The Morgan fingerprint density at radius 1 is 1.56 bits per heavy atom. The number of methoxy groups -OCH3 is 1. The van der Waals surface area contributed by atoms with E-state index in [1.165, 1.54) is 0 Å². The van der Waals surface area contributed by atoms with Crippen molar-refractivity contribution in [2.45, 2.75) is 45.3 Å². The molecule has 16 heavy (non-hydrogen) atoms. The minimum Gasteiger partial charge on any atom is -0.369 e. The molecular formula is C12H24N2O2. The van der Waals surface area contributed by atoms with E-state index in [-0.39, 0.29) is 5.91 Å². The van der Waals surface area contributed by atoms with Crippen molar-refractivity contribution in [3.63, 3.8) is 0 Å². The maximum Gasteiger partial charge on any atom is 0.254 e. The summed E-state index contributed by atoms with van der Waals surface area (Å²) in [6.45, 7) is 8.40. The van der Waals surface area contributed by atoms with Gasteiger partial charge < -0.3 is 15.0 Å². The predicted molar refractivity (Wildman–Crippen MR) is 64.4 cm³/mol. The number of hydrogen-bond donors (Lipinski definition) is 1. The van der Waals surface area contributed by atoms with Gasteiger partial charge in [-0.3, -0.25) is 4.79 Å². The molecule has 1 aliphatic rings. The molecule has 94 valence electrons. The summed E-state index contributed by atoms with van der Waals surface area (Å²) < 4.78 is 5.26. The highest BCUT2D eigenvalue weighted by Gasteiger charge is 2.34. The van der Waals surface area contributed by atoms with Gasteiger partial charge in [0.25, 0.3) is 5.91 Å². The van der Waals surface area contributed by atoms with Crippen LogP contribution in [0, 0.1) is 0 Å². The molecule has 1 amide bonds. The number of ether oxygens (including phenoxy) is 1. The lowest BCUT2D eigenvalue weighted by molar-refractivity contribution is -0.153. The first-order valence-electron chi connectivity index (χ1n) is 6.10. The molecule has 0 spiro atoms. The Morgan fingerprint density at radius 3 is 2.69 bits per heavy atom. The van der Waals surface area contributed by atoms with Crippen molar-refractivity contribution in [1.29, 1.82) is 0 Å². The van der Waals surface area contributed by atoms with Gasteiger partial charge in [0.1, 0.15) is 5.60 Å². The van der Waals surface area contributed by atoms with Gasteiger partial charge in [0.05, 0.1) is 0 Å². The Balaban J connectivity index is 2.69. The monoisotopic (exact) mass is 228 g/mol. The van der Waals surface area contributed by atoms with Gasteiger partial charge in [0.2, 0.25) is 0 Å². The quantitative estimate of drug-likeness (QED) is 0.781. The highest BCUT2D eigenvalue weighted by atomic mass is 16.5. The highest BCUT2D eigenvalue weighted by molar-refractivity contribution is 5.84. The molecule has 0 saturated carbocycles. The first-order chi connectivity index (χ1) is 7.53.